The van der Waals surface area contributed by atoms with E-state index in [1.54, 1.807) is 0 Å². The average molecular weight is 360 g/mol. The predicted molar refractivity (Wildman–Crippen MR) is 85.8 cm³/mol. The van der Waals surface area contributed by atoms with E-state index in [1.165, 1.54) is 5.56 Å². The van der Waals surface area contributed by atoms with Gasteiger partial charge < -0.3 is 26.1 Å². The van der Waals surface area contributed by atoms with E-state index in [0.717, 1.165) is 42.1 Å². The lowest BCUT2D eigenvalue weighted by atomic mass is 10.2. The molecule has 0 fully saturated rings. The highest BCUT2D eigenvalue weighted by Crippen LogP contribution is 2.22. The lowest BCUT2D eigenvalue weighted by Gasteiger charge is -2.05. The molecule has 0 amide bonds. The normalized spacial score (nSPS) is 10.5. The number of benzene rings is 1. The monoisotopic (exact) mass is 359 g/mol. The minimum atomic E-state index is 0. The molecule has 0 aliphatic carbocycles. The molecule has 0 spiro atoms. The molecular weight excluding hydrogens is 340 g/mol. The number of unbranched alkanes of at least 4 members (excludes halogenated alkanes) is 1. The van der Waals surface area contributed by atoms with Crippen molar-refractivity contribution in [2.24, 2.45) is 0 Å². The van der Waals surface area contributed by atoms with E-state index in [-0.39, 0.29) is 17.0 Å². The quantitative estimate of drug-likeness (QED) is 0.645. The van der Waals surface area contributed by atoms with Gasteiger partial charge in [-0.1, -0.05) is 13.3 Å². The number of pyridine rings is 1. The van der Waals surface area contributed by atoms with Crippen LogP contribution < -0.4 is 21.7 Å². The van der Waals surface area contributed by atoms with E-state index >= 15 is 0 Å². The highest BCUT2D eigenvalue weighted by molar-refractivity contribution is 5.63. The second-order valence-corrected chi connectivity index (χ2v) is 5.32. The molecule has 0 radical (unpaired) electrons. The van der Waals surface area contributed by atoms with Crippen LogP contribution in [0.4, 0.5) is 0 Å². The van der Waals surface area contributed by atoms with E-state index in [4.69, 9.17) is 4.74 Å². The number of fused-ring (bicyclic) bond motifs is 1. The van der Waals surface area contributed by atoms with Crippen LogP contribution in [0.3, 0.4) is 0 Å². The van der Waals surface area contributed by atoms with Gasteiger partial charge in [0.15, 0.2) is 0 Å². The zero-order chi connectivity index (χ0) is 14.7. The molecular formula is C18H20BrN2O-. The second kappa shape index (κ2) is 7.45. The lowest BCUT2D eigenvalue weighted by molar-refractivity contribution is -0.00000496. The third kappa shape index (κ3) is 3.69. The van der Waals surface area contributed by atoms with Crippen LogP contribution in [0.25, 0.3) is 16.9 Å². The molecule has 22 heavy (non-hydrogen) atoms. The number of aryl methyl sites for hydroxylation is 1. The van der Waals surface area contributed by atoms with Gasteiger partial charge in [-0.05, 0) is 55.3 Å². The summed E-state index contributed by atoms with van der Waals surface area (Å²) in [6.07, 6.45) is 6.34. The Hall–Kier alpha value is -1.81. The van der Waals surface area contributed by atoms with E-state index in [1.807, 2.05) is 22.7 Å². The fourth-order valence-corrected chi connectivity index (χ4v) is 2.28. The number of halogens is 1. The first-order valence-corrected chi connectivity index (χ1v) is 7.45. The van der Waals surface area contributed by atoms with Gasteiger partial charge in [0, 0.05) is 18.0 Å². The SMILES string of the molecule is CCCCOc1ccc(-c2cn3ccc(C)cc3n2)cc1.[Br-]. The molecule has 4 heteroatoms. The molecule has 2 heterocycles. The summed E-state index contributed by atoms with van der Waals surface area (Å²) in [7, 11) is 0. The molecule has 0 N–H and O–H groups in total. The molecule has 0 aliphatic heterocycles. The molecule has 116 valence electrons. The third-order valence-electron chi connectivity index (χ3n) is 3.53. The molecule has 0 bridgehead atoms. The van der Waals surface area contributed by atoms with E-state index in [9.17, 15) is 0 Å². The first-order chi connectivity index (χ1) is 10.3. The maximum Gasteiger partial charge on any atom is 0.137 e. The van der Waals surface area contributed by atoms with Crippen LogP contribution in [-0.2, 0) is 0 Å². The van der Waals surface area contributed by atoms with Crippen LogP contribution in [0.1, 0.15) is 25.3 Å². The van der Waals surface area contributed by atoms with Crippen molar-refractivity contribution < 1.29 is 21.7 Å². The summed E-state index contributed by atoms with van der Waals surface area (Å²) in [6.45, 7) is 5.03. The number of ether oxygens (including phenoxy) is 1. The van der Waals surface area contributed by atoms with Gasteiger partial charge in [0.1, 0.15) is 11.4 Å². The zero-order valence-corrected chi connectivity index (χ0v) is 14.5. The summed E-state index contributed by atoms with van der Waals surface area (Å²) in [6, 6.07) is 12.3. The first-order valence-electron chi connectivity index (χ1n) is 7.45. The minimum Gasteiger partial charge on any atom is -1.00 e. The third-order valence-corrected chi connectivity index (χ3v) is 3.53. The number of aromatic nitrogens is 2. The zero-order valence-electron chi connectivity index (χ0n) is 12.9. The van der Waals surface area contributed by atoms with Crippen LogP contribution in [0.15, 0.2) is 48.8 Å². The predicted octanol–water partition coefficient (Wildman–Crippen LogP) is 1.49. The Morgan fingerprint density at radius 1 is 1.14 bits per heavy atom. The molecule has 2 aromatic heterocycles. The van der Waals surface area contributed by atoms with Crippen molar-refractivity contribution in [1.29, 1.82) is 0 Å². The average Bonchev–Trinajstić information content (AvgIpc) is 2.91. The van der Waals surface area contributed by atoms with E-state index in [0.29, 0.717) is 0 Å². The molecule has 0 saturated heterocycles. The highest BCUT2D eigenvalue weighted by atomic mass is 79.9. The van der Waals surface area contributed by atoms with Gasteiger partial charge in [-0.3, -0.25) is 0 Å². The number of rotatable bonds is 5. The van der Waals surface area contributed by atoms with Crippen LogP contribution >= 0.6 is 0 Å². The smallest absolute Gasteiger partial charge is 0.137 e. The van der Waals surface area contributed by atoms with Gasteiger partial charge in [-0.2, -0.15) is 0 Å². The fourth-order valence-electron chi connectivity index (χ4n) is 2.28. The van der Waals surface area contributed by atoms with Gasteiger partial charge >= 0.3 is 0 Å². The van der Waals surface area contributed by atoms with Crippen molar-refractivity contribution in [2.45, 2.75) is 26.7 Å². The maximum absolute atomic E-state index is 5.69. The number of hydrogen-bond acceptors (Lipinski definition) is 2. The van der Waals surface area contributed by atoms with Gasteiger partial charge in [0.05, 0.1) is 12.3 Å². The van der Waals surface area contributed by atoms with E-state index < -0.39 is 0 Å². The molecule has 1 aromatic carbocycles. The number of imidazole rings is 1. The molecule has 0 aliphatic rings. The molecule has 0 saturated carbocycles. The summed E-state index contributed by atoms with van der Waals surface area (Å²) < 4.78 is 7.74. The van der Waals surface area contributed by atoms with Crippen molar-refractivity contribution in [2.75, 3.05) is 6.61 Å². The molecule has 3 rings (SSSR count). The Morgan fingerprint density at radius 2 is 1.91 bits per heavy atom. The van der Waals surface area contributed by atoms with Gasteiger partial charge in [-0.15, -0.1) is 0 Å². The Morgan fingerprint density at radius 3 is 2.64 bits per heavy atom. The maximum atomic E-state index is 5.69. The van der Waals surface area contributed by atoms with Crippen molar-refractivity contribution in [1.82, 2.24) is 9.38 Å². The number of hydrogen-bond donors (Lipinski definition) is 0. The lowest BCUT2D eigenvalue weighted by Crippen LogP contribution is -3.00. The Kier molecular flexibility index (Phi) is 5.61. The minimum absolute atomic E-state index is 0. The van der Waals surface area contributed by atoms with Gasteiger partial charge in [0.25, 0.3) is 0 Å². The Balaban J connectivity index is 0.00000176. The van der Waals surface area contributed by atoms with E-state index in [2.05, 4.69) is 49.3 Å². The summed E-state index contributed by atoms with van der Waals surface area (Å²) in [5.41, 5.74) is 4.30. The van der Waals surface area contributed by atoms with Gasteiger partial charge in [-0.25, -0.2) is 4.98 Å². The summed E-state index contributed by atoms with van der Waals surface area (Å²) in [4.78, 5) is 4.67. The van der Waals surface area contributed by atoms with Crippen LogP contribution in [0.5, 0.6) is 5.75 Å². The van der Waals surface area contributed by atoms with Crippen molar-refractivity contribution in [3.8, 4) is 17.0 Å². The first kappa shape index (κ1) is 16.6. The molecule has 0 unspecified atom stereocenters. The molecule has 3 nitrogen and oxygen atoms in total. The van der Waals surface area contributed by atoms with Crippen LogP contribution in [0.2, 0.25) is 0 Å². The Bertz CT molecular complexity index is 734. The molecule has 3 aromatic rings. The largest absolute Gasteiger partial charge is 1.00 e. The fraction of sp³-hybridized carbons (Fsp3) is 0.278. The highest BCUT2D eigenvalue weighted by Gasteiger charge is 2.04. The topological polar surface area (TPSA) is 26.5 Å². The second-order valence-electron chi connectivity index (χ2n) is 5.32. The van der Waals surface area contributed by atoms with Crippen LogP contribution in [0, 0.1) is 6.92 Å². The summed E-state index contributed by atoms with van der Waals surface area (Å²) >= 11 is 0. The van der Waals surface area contributed by atoms with Gasteiger partial charge in [0.2, 0.25) is 0 Å². The summed E-state index contributed by atoms with van der Waals surface area (Å²) in [5.74, 6) is 0.923. The number of nitrogens with zero attached hydrogens (tertiary/aromatic N) is 2. The summed E-state index contributed by atoms with van der Waals surface area (Å²) in [5, 5.41) is 0. The van der Waals surface area contributed by atoms with Crippen LogP contribution in [-0.4, -0.2) is 16.0 Å². The molecule has 0 atom stereocenters. The van der Waals surface area contributed by atoms with Crippen molar-refractivity contribution in [3.05, 3.63) is 54.4 Å². The van der Waals surface area contributed by atoms with Crippen molar-refractivity contribution in [3.63, 3.8) is 0 Å². The standard InChI is InChI=1S/C18H20N2O.BrH/c1-3-4-11-21-16-7-5-15(6-8-16)17-13-20-10-9-14(2)12-18(20)19-17;/h5-10,12-13H,3-4,11H2,1-2H3;1H/p-1. The van der Waals surface area contributed by atoms with Crippen molar-refractivity contribution >= 4 is 5.65 Å². The Labute approximate surface area is 141 Å².